The van der Waals surface area contributed by atoms with Gasteiger partial charge in [0.1, 0.15) is 6.10 Å². The van der Waals surface area contributed by atoms with Crippen LogP contribution >= 0.6 is 0 Å². The van der Waals surface area contributed by atoms with Crippen LogP contribution in [0.4, 0.5) is 5.69 Å². The summed E-state index contributed by atoms with van der Waals surface area (Å²) >= 11 is 0. The van der Waals surface area contributed by atoms with E-state index in [0.717, 1.165) is 0 Å². The van der Waals surface area contributed by atoms with Crippen molar-refractivity contribution in [2.45, 2.75) is 19.1 Å². The van der Waals surface area contributed by atoms with Crippen molar-refractivity contribution in [2.75, 3.05) is 5.32 Å². The van der Waals surface area contributed by atoms with Crippen molar-refractivity contribution < 1.29 is 24.2 Å². The van der Waals surface area contributed by atoms with Crippen molar-refractivity contribution in [1.82, 2.24) is 0 Å². The van der Waals surface area contributed by atoms with Gasteiger partial charge in [-0.05, 0) is 25.1 Å². The minimum Gasteiger partial charge on any atom is -0.545 e. The van der Waals surface area contributed by atoms with Crippen LogP contribution in [0.2, 0.25) is 0 Å². The average molecular weight is 312 g/mol. The average Bonchev–Trinajstić information content (AvgIpc) is 2.54. The Bertz CT molecular complexity index is 758. The van der Waals surface area contributed by atoms with Crippen LogP contribution < -0.4 is 19.9 Å². The Morgan fingerprint density at radius 3 is 2.30 bits per heavy atom. The van der Waals surface area contributed by atoms with Crippen molar-refractivity contribution in [3.05, 3.63) is 54.1 Å². The van der Waals surface area contributed by atoms with E-state index in [0.29, 0.717) is 11.5 Å². The molecule has 6 nitrogen and oxygen atoms in total. The van der Waals surface area contributed by atoms with Gasteiger partial charge in [-0.1, -0.05) is 30.3 Å². The maximum absolute atomic E-state index is 12.4. The molecule has 0 spiro atoms. The normalized spacial score (nSPS) is 19.0. The summed E-state index contributed by atoms with van der Waals surface area (Å²) in [5.74, 6) is -0.807. The maximum Gasteiger partial charge on any atom is 0.269 e. The first-order valence-corrected chi connectivity index (χ1v) is 7.10. The van der Waals surface area contributed by atoms with E-state index < -0.39 is 24.1 Å². The zero-order valence-electron chi connectivity index (χ0n) is 12.3. The predicted octanol–water partition coefficient (Wildman–Crippen LogP) is 1.22. The lowest BCUT2D eigenvalue weighted by atomic mass is 10.1. The fraction of sp³-hybridized carbons (Fsp3) is 0.176. The Kier molecular flexibility index (Phi) is 3.89. The van der Waals surface area contributed by atoms with E-state index in [9.17, 15) is 14.7 Å². The highest BCUT2D eigenvalue weighted by Crippen LogP contribution is 2.33. The Hall–Kier alpha value is -3.02. The van der Waals surface area contributed by atoms with Gasteiger partial charge >= 0.3 is 0 Å². The van der Waals surface area contributed by atoms with Gasteiger partial charge in [0.25, 0.3) is 5.91 Å². The number of para-hydroxylation sites is 3. The van der Waals surface area contributed by atoms with Crippen LogP contribution in [0.5, 0.6) is 11.5 Å². The monoisotopic (exact) mass is 312 g/mol. The zero-order valence-corrected chi connectivity index (χ0v) is 12.3. The number of benzene rings is 2. The number of hydrogen-bond acceptors (Lipinski definition) is 5. The van der Waals surface area contributed by atoms with Crippen LogP contribution in [0, 0.1) is 0 Å². The standard InChI is InChI=1S/C17H15NO5/c1-10-15(23-14-9-5-4-8-13(14)22-10)16(19)18-12-7-3-2-6-11(12)17(20)21/h2-10,15H,1H3,(H,18,19)(H,20,21)/p-1/t10-,15+/m0/s1. The molecule has 0 radical (unpaired) electrons. The number of hydrogen-bond donors (Lipinski definition) is 1. The number of anilines is 1. The van der Waals surface area contributed by atoms with Crippen LogP contribution in [0.3, 0.4) is 0 Å². The van der Waals surface area contributed by atoms with Gasteiger partial charge in [0.2, 0.25) is 6.10 Å². The highest BCUT2D eigenvalue weighted by molar-refractivity contribution is 6.01. The summed E-state index contributed by atoms with van der Waals surface area (Å²) in [4.78, 5) is 23.5. The third-order valence-corrected chi connectivity index (χ3v) is 3.51. The molecule has 6 heteroatoms. The quantitative estimate of drug-likeness (QED) is 0.920. The van der Waals surface area contributed by atoms with Crippen molar-refractivity contribution >= 4 is 17.6 Å². The molecule has 3 rings (SSSR count). The molecule has 0 unspecified atom stereocenters. The number of carbonyl (C=O) groups is 2. The molecule has 2 aromatic carbocycles. The lowest BCUT2D eigenvalue weighted by Gasteiger charge is -2.31. The first-order chi connectivity index (χ1) is 11.1. The van der Waals surface area contributed by atoms with E-state index in [4.69, 9.17) is 9.47 Å². The smallest absolute Gasteiger partial charge is 0.269 e. The Morgan fingerprint density at radius 2 is 1.61 bits per heavy atom. The molecule has 2 aromatic rings. The predicted molar refractivity (Wildman–Crippen MR) is 80.4 cm³/mol. The third-order valence-electron chi connectivity index (χ3n) is 3.51. The highest BCUT2D eigenvalue weighted by Gasteiger charge is 2.34. The second-order valence-electron chi connectivity index (χ2n) is 5.13. The summed E-state index contributed by atoms with van der Waals surface area (Å²) in [5, 5.41) is 13.6. The van der Waals surface area contributed by atoms with Gasteiger partial charge in [-0.3, -0.25) is 4.79 Å². The molecular formula is C17H14NO5-. The molecule has 118 valence electrons. The fourth-order valence-electron chi connectivity index (χ4n) is 2.38. The minimum atomic E-state index is -1.36. The number of carbonyl (C=O) groups excluding carboxylic acids is 2. The summed E-state index contributed by atoms with van der Waals surface area (Å²) in [5.41, 5.74) is 0.0674. The summed E-state index contributed by atoms with van der Waals surface area (Å²) in [6.45, 7) is 1.71. The van der Waals surface area contributed by atoms with E-state index in [1.165, 1.54) is 12.1 Å². The Morgan fingerprint density at radius 1 is 1.00 bits per heavy atom. The van der Waals surface area contributed by atoms with Gasteiger partial charge in [-0.2, -0.15) is 0 Å². The number of carboxylic acid groups (broad SMARTS) is 1. The number of aromatic carboxylic acids is 1. The number of amides is 1. The molecule has 1 N–H and O–H groups in total. The number of ether oxygens (including phenoxy) is 2. The number of carboxylic acids is 1. The molecule has 0 bridgehead atoms. The summed E-state index contributed by atoms with van der Waals surface area (Å²) in [7, 11) is 0. The molecule has 0 saturated heterocycles. The summed E-state index contributed by atoms with van der Waals surface area (Å²) < 4.78 is 11.3. The Balaban J connectivity index is 1.81. The molecule has 2 atom stereocenters. The summed E-state index contributed by atoms with van der Waals surface area (Å²) in [6.07, 6.45) is -1.40. The first kappa shape index (κ1) is 14.9. The topological polar surface area (TPSA) is 87.7 Å². The largest absolute Gasteiger partial charge is 0.545 e. The molecule has 1 aliphatic rings. The number of fused-ring (bicyclic) bond motifs is 1. The molecule has 0 fully saturated rings. The molecule has 0 saturated carbocycles. The first-order valence-electron chi connectivity index (χ1n) is 7.10. The Labute approximate surface area is 132 Å². The van der Waals surface area contributed by atoms with Gasteiger partial charge in [0.15, 0.2) is 11.5 Å². The van der Waals surface area contributed by atoms with Crippen LogP contribution in [-0.2, 0) is 4.79 Å². The van der Waals surface area contributed by atoms with Gasteiger partial charge < -0.3 is 24.7 Å². The van der Waals surface area contributed by atoms with Gasteiger partial charge in [-0.25, -0.2) is 0 Å². The highest BCUT2D eigenvalue weighted by atomic mass is 16.6. The van der Waals surface area contributed by atoms with Gasteiger partial charge in [0.05, 0.1) is 5.97 Å². The van der Waals surface area contributed by atoms with E-state index in [1.807, 2.05) is 6.07 Å². The lowest BCUT2D eigenvalue weighted by molar-refractivity contribution is -0.254. The molecule has 23 heavy (non-hydrogen) atoms. The molecule has 0 aromatic heterocycles. The van der Waals surface area contributed by atoms with Crippen LogP contribution in [-0.4, -0.2) is 24.1 Å². The van der Waals surface area contributed by atoms with Crippen molar-refractivity contribution in [2.24, 2.45) is 0 Å². The van der Waals surface area contributed by atoms with Crippen LogP contribution in [0.15, 0.2) is 48.5 Å². The van der Waals surface area contributed by atoms with E-state index in [-0.39, 0.29) is 11.3 Å². The second-order valence-corrected chi connectivity index (χ2v) is 5.13. The van der Waals surface area contributed by atoms with Crippen LogP contribution in [0.1, 0.15) is 17.3 Å². The van der Waals surface area contributed by atoms with E-state index >= 15 is 0 Å². The maximum atomic E-state index is 12.4. The fourth-order valence-corrected chi connectivity index (χ4v) is 2.38. The number of rotatable bonds is 3. The molecule has 1 heterocycles. The van der Waals surface area contributed by atoms with E-state index in [2.05, 4.69) is 5.32 Å². The minimum absolute atomic E-state index is 0.0920. The molecule has 1 amide bonds. The van der Waals surface area contributed by atoms with Crippen molar-refractivity contribution in [3.8, 4) is 11.5 Å². The molecular weight excluding hydrogens is 298 g/mol. The second kappa shape index (κ2) is 6.00. The SMILES string of the molecule is C[C@@H]1Oc2ccccc2O[C@H]1C(=O)Nc1ccccc1C(=O)[O-]. The van der Waals surface area contributed by atoms with E-state index in [1.54, 1.807) is 37.3 Å². The number of nitrogens with one attached hydrogen (secondary N) is 1. The van der Waals surface area contributed by atoms with Crippen LogP contribution in [0.25, 0.3) is 0 Å². The van der Waals surface area contributed by atoms with Crippen molar-refractivity contribution in [1.29, 1.82) is 0 Å². The zero-order chi connectivity index (χ0) is 16.4. The summed E-state index contributed by atoms with van der Waals surface area (Å²) in [6, 6.07) is 13.1. The molecule has 0 aliphatic carbocycles. The van der Waals surface area contributed by atoms with Crippen molar-refractivity contribution in [3.63, 3.8) is 0 Å². The molecule has 1 aliphatic heterocycles. The van der Waals surface area contributed by atoms with Gasteiger partial charge in [0, 0.05) is 11.3 Å². The van der Waals surface area contributed by atoms with Gasteiger partial charge in [-0.15, -0.1) is 0 Å². The lowest BCUT2D eigenvalue weighted by Crippen LogP contribution is -2.46. The third kappa shape index (κ3) is 2.96.